The molecule has 0 radical (unpaired) electrons. The molecule has 2 aromatic rings. The SMILES string of the molecule is COC1=C(OC2CC2)CCC(C(=O)NCC(c2cc3c(c(-c4ccc(F)cc4)n2)OCC3C)C(F)(F)F)=C1. The van der Waals surface area contributed by atoms with Gasteiger partial charge in [-0.25, -0.2) is 9.37 Å². The molecular formula is C28H28F4N2O4. The summed E-state index contributed by atoms with van der Waals surface area (Å²) in [5.41, 5.74) is 1.35. The lowest BCUT2D eigenvalue weighted by Crippen LogP contribution is -2.36. The lowest BCUT2D eigenvalue weighted by molar-refractivity contribution is -0.151. The van der Waals surface area contributed by atoms with E-state index in [0.29, 0.717) is 53.4 Å². The number of nitrogens with zero attached hydrogens (tertiary/aromatic N) is 1. The number of fused-ring (bicyclic) bond motifs is 1. The first-order valence-electron chi connectivity index (χ1n) is 12.6. The average molecular weight is 533 g/mol. The van der Waals surface area contributed by atoms with Crippen molar-refractivity contribution in [3.8, 4) is 17.0 Å². The summed E-state index contributed by atoms with van der Waals surface area (Å²) in [4.78, 5) is 17.2. The highest BCUT2D eigenvalue weighted by Gasteiger charge is 2.43. The van der Waals surface area contributed by atoms with Gasteiger partial charge in [-0.15, -0.1) is 0 Å². The van der Waals surface area contributed by atoms with Crippen LogP contribution in [0.25, 0.3) is 11.3 Å². The van der Waals surface area contributed by atoms with Gasteiger partial charge in [-0.2, -0.15) is 13.2 Å². The molecular weight excluding hydrogens is 504 g/mol. The minimum absolute atomic E-state index is 0.145. The number of hydrogen-bond acceptors (Lipinski definition) is 5. The lowest BCUT2D eigenvalue weighted by atomic mass is 9.95. The van der Waals surface area contributed by atoms with Crippen molar-refractivity contribution in [1.82, 2.24) is 10.3 Å². The van der Waals surface area contributed by atoms with Gasteiger partial charge >= 0.3 is 6.18 Å². The van der Waals surface area contributed by atoms with E-state index in [0.717, 1.165) is 12.8 Å². The van der Waals surface area contributed by atoms with Crippen LogP contribution in [0.3, 0.4) is 0 Å². The van der Waals surface area contributed by atoms with Crippen LogP contribution in [-0.4, -0.2) is 43.4 Å². The number of allylic oxidation sites excluding steroid dienone is 2. The fraction of sp³-hybridized carbons (Fsp3) is 0.429. The van der Waals surface area contributed by atoms with E-state index in [1.165, 1.54) is 43.5 Å². The number of ether oxygens (including phenoxy) is 3. The molecule has 10 heteroatoms. The van der Waals surface area contributed by atoms with Gasteiger partial charge in [-0.1, -0.05) is 6.92 Å². The monoisotopic (exact) mass is 532 g/mol. The Morgan fingerprint density at radius 1 is 1.21 bits per heavy atom. The number of carbonyl (C=O) groups excluding carboxylic acids is 1. The number of alkyl halides is 3. The number of benzene rings is 1. The first-order chi connectivity index (χ1) is 18.1. The number of halogens is 4. The van der Waals surface area contributed by atoms with E-state index in [4.69, 9.17) is 14.2 Å². The first-order valence-corrected chi connectivity index (χ1v) is 12.6. The minimum atomic E-state index is -4.68. The number of rotatable bonds is 8. The van der Waals surface area contributed by atoms with Gasteiger partial charge in [0, 0.05) is 35.6 Å². The molecule has 1 saturated carbocycles. The first kappa shape index (κ1) is 26.1. The van der Waals surface area contributed by atoms with Crippen LogP contribution in [0.1, 0.15) is 55.7 Å². The fourth-order valence-corrected chi connectivity index (χ4v) is 4.61. The Hall–Kier alpha value is -3.56. The maximum absolute atomic E-state index is 14.3. The van der Waals surface area contributed by atoms with Crippen molar-refractivity contribution < 1.29 is 36.6 Å². The molecule has 1 fully saturated rings. The molecule has 6 nitrogen and oxygen atoms in total. The van der Waals surface area contributed by atoms with Crippen molar-refractivity contribution in [2.24, 2.45) is 0 Å². The van der Waals surface area contributed by atoms with E-state index < -0.39 is 30.4 Å². The zero-order chi connectivity index (χ0) is 27.0. The van der Waals surface area contributed by atoms with E-state index in [1.807, 2.05) is 6.92 Å². The predicted octanol–water partition coefficient (Wildman–Crippen LogP) is 5.90. The Labute approximate surface area is 217 Å². The van der Waals surface area contributed by atoms with Crippen molar-refractivity contribution >= 4 is 5.91 Å². The summed E-state index contributed by atoms with van der Waals surface area (Å²) >= 11 is 0. The van der Waals surface area contributed by atoms with Crippen LogP contribution >= 0.6 is 0 Å². The molecule has 1 N–H and O–H groups in total. The summed E-state index contributed by atoms with van der Waals surface area (Å²) in [5.74, 6) is -1.80. The van der Waals surface area contributed by atoms with E-state index in [9.17, 15) is 22.4 Å². The highest BCUT2D eigenvalue weighted by Crippen LogP contribution is 2.44. The standard InChI is InChI=1S/C28H28F4N2O4/c1-15-14-37-26-20(15)12-22(34-25(26)16-3-6-18(29)7-4-16)21(28(30,31)32)13-33-27(35)17-5-10-23(24(11-17)36-2)38-19-8-9-19/h3-4,6-7,11-12,15,19,21H,5,8-10,13-14H2,1-2H3,(H,33,35). The van der Waals surface area contributed by atoms with Gasteiger partial charge in [0.15, 0.2) is 5.76 Å². The number of pyridine rings is 1. The van der Waals surface area contributed by atoms with E-state index in [-0.39, 0.29) is 23.4 Å². The van der Waals surface area contributed by atoms with Crippen molar-refractivity contribution in [2.45, 2.75) is 56.7 Å². The number of amides is 1. The van der Waals surface area contributed by atoms with Crippen molar-refractivity contribution in [2.75, 3.05) is 20.3 Å². The molecule has 2 heterocycles. The Kier molecular flexibility index (Phi) is 7.07. The highest BCUT2D eigenvalue weighted by atomic mass is 19.4. The minimum Gasteiger partial charge on any atom is -0.493 e. The number of methoxy groups -OCH3 is 1. The molecule has 1 amide bonds. The summed E-state index contributed by atoms with van der Waals surface area (Å²) < 4.78 is 73.3. The third-order valence-electron chi connectivity index (χ3n) is 6.91. The van der Waals surface area contributed by atoms with Gasteiger partial charge in [0.1, 0.15) is 28.9 Å². The van der Waals surface area contributed by atoms with Crippen molar-refractivity contribution in [3.05, 3.63) is 70.6 Å². The number of hydrogen-bond donors (Lipinski definition) is 1. The second-order valence-corrected chi connectivity index (χ2v) is 9.82. The second kappa shape index (κ2) is 10.3. The molecule has 0 saturated heterocycles. The highest BCUT2D eigenvalue weighted by molar-refractivity contribution is 5.94. The fourth-order valence-electron chi connectivity index (χ4n) is 4.61. The topological polar surface area (TPSA) is 69.7 Å². The third kappa shape index (κ3) is 5.49. The smallest absolute Gasteiger partial charge is 0.398 e. The molecule has 2 atom stereocenters. The molecule has 0 spiro atoms. The summed E-state index contributed by atoms with van der Waals surface area (Å²) in [6.45, 7) is 1.46. The van der Waals surface area contributed by atoms with Crippen LogP contribution in [0.15, 0.2) is 53.5 Å². The third-order valence-corrected chi connectivity index (χ3v) is 6.91. The van der Waals surface area contributed by atoms with Crippen LogP contribution in [0.5, 0.6) is 5.75 Å². The zero-order valence-corrected chi connectivity index (χ0v) is 21.0. The predicted molar refractivity (Wildman–Crippen MR) is 131 cm³/mol. The Morgan fingerprint density at radius 3 is 2.61 bits per heavy atom. The molecule has 1 aromatic carbocycles. The molecule has 2 unspecified atom stereocenters. The van der Waals surface area contributed by atoms with Gasteiger partial charge in [0.2, 0.25) is 5.91 Å². The molecule has 1 aliphatic heterocycles. The Bertz CT molecular complexity index is 1280. The van der Waals surface area contributed by atoms with E-state index >= 15 is 0 Å². The molecule has 2 aliphatic carbocycles. The molecule has 1 aromatic heterocycles. The van der Waals surface area contributed by atoms with Crippen LogP contribution < -0.4 is 10.1 Å². The van der Waals surface area contributed by atoms with Crippen LogP contribution in [-0.2, 0) is 14.3 Å². The van der Waals surface area contributed by atoms with Crippen LogP contribution in [0.4, 0.5) is 17.6 Å². The summed E-state index contributed by atoms with van der Waals surface area (Å²) in [6.07, 6.45) is -0.272. The number of aromatic nitrogens is 1. The molecule has 5 rings (SSSR count). The largest absolute Gasteiger partial charge is 0.493 e. The quantitative estimate of drug-likeness (QED) is 0.429. The van der Waals surface area contributed by atoms with E-state index in [1.54, 1.807) is 0 Å². The van der Waals surface area contributed by atoms with Gasteiger partial charge in [0.25, 0.3) is 0 Å². The molecule has 0 bridgehead atoms. The maximum Gasteiger partial charge on any atom is 0.398 e. The lowest BCUT2D eigenvalue weighted by Gasteiger charge is -2.23. The maximum atomic E-state index is 14.3. The van der Waals surface area contributed by atoms with Gasteiger partial charge < -0.3 is 19.5 Å². The van der Waals surface area contributed by atoms with Gasteiger partial charge in [-0.3, -0.25) is 4.79 Å². The second-order valence-electron chi connectivity index (χ2n) is 9.82. The molecule has 38 heavy (non-hydrogen) atoms. The van der Waals surface area contributed by atoms with Gasteiger partial charge in [-0.05, 0) is 55.7 Å². The number of carbonyl (C=O) groups is 1. The Balaban J connectivity index is 1.41. The molecule has 3 aliphatic rings. The Morgan fingerprint density at radius 2 is 1.95 bits per heavy atom. The summed E-state index contributed by atoms with van der Waals surface area (Å²) in [6, 6.07) is 6.75. The van der Waals surface area contributed by atoms with Crippen molar-refractivity contribution in [1.29, 1.82) is 0 Å². The summed E-state index contributed by atoms with van der Waals surface area (Å²) in [7, 11) is 1.46. The van der Waals surface area contributed by atoms with Crippen LogP contribution in [0, 0.1) is 5.82 Å². The van der Waals surface area contributed by atoms with Gasteiger partial charge in [0.05, 0.1) is 25.5 Å². The summed E-state index contributed by atoms with van der Waals surface area (Å²) in [5, 5.41) is 2.45. The zero-order valence-electron chi connectivity index (χ0n) is 21.0. The van der Waals surface area contributed by atoms with E-state index in [2.05, 4.69) is 10.3 Å². The number of nitrogens with one attached hydrogen (secondary N) is 1. The molecule has 202 valence electrons. The van der Waals surface area contributed by atoms with Crippen molar-refractivity contribution in [3.63, 3.8) is 0 Å². The van der Waals surface area contributed by atoms with Crippen LogP contribution in [0.2, 0.25) is 0 Å². The normalized spacial score (nSPS) is 19.8. The average Bonchev–Trinajstić information content (AvgIpc) is 3.63.